The van der Waals surface area contributed by atoms with Crippen LogP contribution in [0.3, 0.4) is 0 Å². The lowest BCUT2D eigenvalue weighted by Crippen LogP contribution is -2.07. The Labute approximate surface area is 212 Å². The van der Waals surface area contributed by atoms with Gasteiger partial charge in [-0.15, -0.1) is 0 Å². The van der Waals surface area contributed by atoms with Crippen LogP contribution in [0.2, 0.25) is 15.1 Å². The summed E-state index contributed by atoms with van der Waals surface area (Å²) >= 11 is 19.3. The maximum Gasteiger partial charge on any atom is 0.223 e. The number of benzene rings is 2. The number of halogens is 3. The highest BCUT2D eigenvalue weighted by atomic mass is 35.5. The predicted molar refractivity (Wildman–Crippen MR) is 136 cm³/mol. The summed E-state index contributed by atoms with van der Waals surface area (Å²) in [6, 6.07) is 12.5. The average Bonchev–Trinajstić information content (AvgIpc) is 3.26. The van der Waals surface area contributed by atoms with Gasteiger partial charge in [0, 0.05) is 37.0 Å². The van der Waals surface area contributed by atoms with Gasteiger partial charge in [-0.05, 0) is 42.3 Å². The van der Waals surface area contributed by atoms with Gasteiger partial charge < -0.3 is 20.1 Å². The van der Waals surface area contributed by atoms with E-state index in [9.17, 15) is 5.11 Å². The Morgan fingerprint density at radius 2 is 1.85 bits per heavy atom. The van der Waals surface area contributed by atoms with Crippen molar-refractivity contribution in [1.29, 1.82) is 0 Å². The molecule has 0 unspecified atom stereocenters. The Bertz CT molecular complexity index is 1270. The molecule has 4 rings (SSSR count). The molecule has 0 spiro atoms. The number of ether oxygens (including phenoxy) is 1. The molecule has 2 aromatic carbocycles. The minimum atomic E-state index is -0.169. The van der Waals surface area contributed by atoms with E-state index in [1.54, 1.807) is 37.6 Å². The van der Waals surface area contributed by atoms with E-state index < -0.39 is 0 Å². The Morgan fingerprint density at radius 3 is 2.56 bits per heavy atom. The van der Waals surface area contributed by atoms with Crippen molar-refractivity contribution in [2.45, 2.75) is 13.0 Å². The molecule has 10 heteroatoms. The van der Waals surface area contributed by atoms with Crippen LogP contribution >= 0.6 is 34.8 Å². The summed E-state index contributed by atoms with van der Waals surface area (Å²) in [6.45, 7) is 1.15. The van der Waals surface area contributed by atoms with Crippen LogP contribution in [0.1, 0.15) is 12.0 Å². The Kier molecular flexibility index (Phi) is 8.03. The SMILES string of the molecule is COCCCNc1nccc(-c2[nH]c(-c3c(Cl)cc(CO)cc3Cl)nc2-c2cccc(Cl)c2)n1. The van der Waals surface area contributed by atoms with Gasteiger partial charge in [0.25, 0.3) is 0 Å². The zero-order valence-electron chi connectivity index (χ0n) is 18.3. The predicted octanol–water partition coefficient (Wildman–Crippen LogP) is 6.10. The van der Waals surface area contributed by atoms with E-state index in [0.717, 1.165) is 12.0 Å². The second kappa shape index (κ2) is 11.2. The molecular weight excluding hydrogens is 497 g/mol. The second-order valence-corrected chi connectivity index (χ2v) is 8.70. The van der Waals surface area contributed by atoms with Gasteiger partial charge in [0.05, 0.1) is 39.3 Å². The lowest BCUT2D eigenvalue weighted by molar-refractivity contribution is 0.197. The molecule has 0 saturated heterocycles. The number of anilines is 1. The number of H-pyrrole nitrogens is 1. The van der Waals surface area contributed by atoms with Crippen molar-refractivity contribution in [1.82, 2.24) is 19.9 Å². The Hall–Kier alpha value is -2.68. The van der Waals surface area contributed by atoms with E-state index >= 15 is 0 Å². The highest BCUT2D eigenvalue weighted by Gasteiger charge is 2.20. The van der Waals surface area contributed by atoms with Crippen LogP contribution in [0, 0.1) is 0 Å². The van der Waals surface area contributed by atoms with Gasteiger partial charge in [-0.1, -0.05) is 46.9 Å². The van der Waals surface area contributed by atoms with Gasteiger partial charge in [0.1, 0.15) is 5.82 Å². The minimum absolute atomic E-state index is 0.169. The molecule has 7 nitrogen and oxygen atoms in total. The maximum absolute atomic E-state index is 9.46. The summed E-state index contributed by atoms with van der Waals surface area (Å²) in [6.07, 6.45) is 2.51. The van der Waals surface area contributed by atoms with Gasteiger partial charge in [-0.25, -0.2) is 15.0 Å². The number of aromatic amines is 1. The third-order valence-corrected chi connectivity index (χ3v) is 5.87. The zero-order valence-corrected chi connectivity index (χ0v) is 20.5. The van der Waals surface area contributed by atoms with Gasteiger partial charge in [-0.2, -0.15) is 0 Å². The normalized spacial score (nSPS) is 11.1. The van der Waals surface area contributed by atoms with Gasteiger partial charge in [0.2, 0.25) is 5.95 Å². The number of hydrogen-bond acceptors (Lipinski definition) is 6. The molecule has 0 aliphatic heterocycles. The molecular formula is C24H22Cl3N5O2. The van der Waals surface area contributed by atoms with E-state index in [1.807, 2.05) is 18.2 Å². The number of aliphatic hydroxyl groups excluding tert-OH is 1. The average molecular weight is 519 g/mol. The Morgan fingerprint density at radius 1 is 1.06 bits per heavy atom. The van der Waals surface area contributed by atoms with Crippen LogP contribution in [0.25, 0.3) is 34.0 Å². The van der Waals surface area contributed by atoms with Crippen LogP contribution in [-0.2, 0) is 11.3 Å². The summed E-state index contributed by atoms with van der Waals surface area (Å²) in [7, 11) is 1.67. The fourth-order valence-electron chi connectivity index (χ4n) is 3.46. The van der Waals surface area contributed by atoms with Crippen molar-refractivity contribution in [3.8, 4) is 34.0 Å². The first-order chi connectivity index (χ1) is 16.5. The van der Waals surface area contributed by atoms with Crippen molar-refractivity contribution in [2.24, 2.45) is 0 Å². The number of imidazole rings is 1. The fourth-order valence-corrected chi connectivity index (χ4v) is 4.37. The molecule has 3 N–H and O–H groups in total. The van der Waals surface area contributed by atoms with E-state index in [4.69, 9.17) is 44.5 Å². The highest BCUT2D eigenvalue weighted by molar-refractivity contribution is 6.39. The van der Waals surface area contributed by atoms with Gasteiger partial charge in [0.15, 0.2) is 0 Å². The van der Waals surface area contributed by atoms with Crippen molar-refractivity contribution < 1.29 is 9.84 Å². The standard InChI is InChI=1S/C24H22Cl3N5O2/c1-34-9-3-7-28-24-29-8-6-19(30-24)22-21(15-4-2-5-16(25)12-15)31-23(32-22)20-17(26)10-14(13-33)11-18(20)27/h2,4-6,8,10-12,33H,3,7,9,13H2,1H3,(H,31,32)(H,28,29,30). The minimum Gasteiger partial charge on any atom is -0.392 e. The number of aromatic nitrogens is 4. The smallest absolute Gasteiger partial charge is 0.223 e. The molecule has 0 bridgehead atoms. The van der Waals surface area contributed by atoms with Crippen LogP contribution in [0.4, 0.5) is 5.95 Å². The van der Waals surface area contributed by atoms with E-state index in [-0.39, 0.29) is 6.61 Å². The summed E-state index contributed by atoms with van der Waals surface area (Å²) < 4.78 is 5.09. The Balaban J connectivity index is 1.81. The summed E-state index contributed by atoms with van der Waals surface area (Å²) in [5.41, 5.74) is 3.88. The van der Waals surface area contributed by atoms with E-state index in [1.165, 1.54) is 0 Å². The third kappa shape index (κ3) is 5.51. The molecule has 0 fully saturated rings. The zero-order chi connectivity index (χ0) is 24.1. The largest absolute Gasteiger partial charge is 0.392 e. The van der Waals surface area contributed by atoms with Gasteiger partial charge in [-0.3, -0.25) is 0 Å². The van der Waals surface area contributed by atoms with Crippen molar-refractivity contribution in [3.63, 3.8) is 0 Å². The van der Waals surface area contributed by atoms with Crippen LogP contribution < -0.4 is 5.32 Å². The van der Waals surface area contributed by atoms with Crippen LogP contribution in [0.15, 0.2) is 48.7 Å². The fraction of sp³-hybridized carbons (Fsp3) is 0.208. The van der Waals surface area contributed by atoms with Crippen molar-refractivity contribution in [2.75, 3.05) is 25.6 Å². The lowest BCUT2D eigenvalue weighted by atomic mass is 10.1. The molecule has 0 radical (unpaired) electrons. The van der Waals surface area contributed by atoms with Crippen LogP contribution in [-0.4, -0.2) is 45.3 Å². The lowest BCUT2D eigenvalue weighted by Gasteiger charge is -2.07. The summed E-state index contributed by atoms with van der Waals surface area (Å²) in [5.74, 6) is 0.961. The first kappa shape index (κ1) is 24.4. The molecule has 0 atom stereocenters. The molecule has 0 aliphatic carbocycles. The first-order valence-corrected chi connectivity index (χ1v) is 11.6. The number of aliphatic hydroxyl groups is 1. The maximum atomic E-state index is 9.46. The number of nitrogens with one attached hydrogen (secondary N) is 2. The van der Waals surface area contributed by atoms with E-state index in [0.29, 0.717) is 68.2 Å². The van der Waals surface area contributed by atoms with E-state index in [2.05, 4.69) is 20.3 Å². The number of methoxy groups -OCH3 is 1. The monoisotopic (exact) mass is 517 g/mol. The summed E-state index contributed by atoms with van der Waals surface area (Å²) in [5, 5.41) is 14.0. The van der Waals surface area contributed by atoms with Crippen LogP contribution in [0.5, 0.6) is 0 Å². The number of hydrogen-bond donors (Lipinski definition) is 3. The first-order valence-electron chi connectivity index (χ1n) is 10.5. The summed E-state index contributed by atoms with van der Waals surface area (Å²) in [4.78, 5) is 17.1. The molecule has 0 aliphatic rings. The molecule has 4 aromatic rings. The topological polar surface area (TPSA) is 96.0 Å². The highest BCUT2D eigenvalue weighted by Crippen LogP contribution is 2.39. The van der Waals surface area contributed by atoms with Gasteiger partial charge >= 0.3 is 0 Å². The molecule has 176 valence electrons. The number of rotatable bonds is 9. The van der Waals surface area contributed by atoms with Crippen molar-refractivity contribution in [3.05, 3.63) is 69.3 Å². The quantitative estimate of drug-likeness (QED) is 0.232. The second-order valence-electron chi connectivity index (χ2n) is 7.45. The number of nitrogens with zero attached hydrogens (tertiary/aromatic N) is 3. The van der Waals surface area contributed by atoms with Crippen molar-refractivity contribution >= 4 is 40.8 Å². The third-order valence-electron chi connectivity index (χ3n) is 5.04. The molecule has 2 aromatic heterocycles. The molecule has 0 saturated carbocycles. The molecule has 2 heterocycles. The molecule has 34 heavy (non-hydrogen) atoms. The molecule has 0 amide bonds.